The van der Waals surface area contributed by atoms with Crippen molar-refractivity contribution in [2.24, 2.45) is 0 Å². The summed E-state index contributed by atoms with van der Waals surface area (Å²) >= 11 is 8.81. The molecule has 0 bridgehead atoms. The zero-order valence-electron chi connectivity index (χ0n) is 15.9. The molecule has 28 heavy (non-hydrogen) atoms. The van der Waals surface area contributed by atoms with Crippen molar-refractivity contribution in [3.05, 3.63) is 62.2 Å². The molecule has 2 aromatic heterocycles. The average Bonchev–Trinajstić information content (AvgIpc) is 2.92. The van der Waals surface area contributed by atoms with E-state index in [2.05, 4.69) is 16.9 Å². The maximum atomic E-state index is 13.0. The molecule has 5 nitrogen and oxygen atoms in total. The number of thioether (sulfide) groups is 1. The summed E-state index contributed by atoms with van der Waals surface area (Å²) in [4.78, 5) is 30.6. The number of anilines is 1. The lowest BCUT2D eigenvalue weighted by Gasteiger charge is -2.08. The third-order valence-electron chi connectivity index (χ3n) is 4.42. The van der Waals surface area contributed by atoms with E-state index < -0.39 is 0 Å². The summed E-state index contributed by atoms with van der Waals surface area (Å²) < 4.78 is 1.62. The number of aromatic nitrogens is 2. The zero-order chi connectivity index (χ0) is 20.4. The van der Waals surface area contributed by atoms with Crippen LogP contribution in [0.1, 0.15) is 16.0 Å². The van der Waals surface area contributed by atoms with E-state index in [9.17, 15) is 9.59 Å². The highest BCUT2D eigenvalue weighted by atomic mass is 35.5. The van der Waals surface area contributed by atoms with Gasteiger partial charge in [0.1, 0.15) is 11.9 Å². The second-order valence-corrected chi connectivity index (χ2v) is 9.04. The van der Waals surface area contributed by atoms with Gasteiger partial charge >= 0.3 is 10.7 Å². The molecule has 2 heterocycles. The van der Waals surface area contributed by atoms with Gasteiger partial charge in [-0.25, -0.2) is 9.78 Å². The molecule has 0 fully saturated rings. The molecule has 1 amide bonds. The van der Waals surface area contributed by atoms with Crippen molar-refractivity contribution in [1.82, 2.24) is 4.57 Å². The van der Waals surface area contributed by atoms with Crippen molar-refractivity contribution in [1.29, 1.82) is 0 Å². The van der Waals surface area contributed by atoms with E-state index in [1.54, 1.807) is 40.2 Å². The zero-order valence-corrected chi connectivity index (χ0v) is 18.3. The van der Waals surface area contributed by atoms with Crippen molar-refractivity contribution in [3.8, 4) is 0 Å². The first-order valence-corrected chi connectivity index (χ1v) is 10.8. The summed E-state index contributed by atoms with van der Waals surface area (Å²) in [5, 5.41) is 4.86. The maximum Gasteiger partial charge on any atom is 0.347 e. The minimum absolute atomic E-state index is 0.0630. The highest BCUT2D eigenvalue weighted by molar-refractivity contribution is 7.99. The number of amides is 1. The number of allylic oxidation sites excluding steroid dienone is 1. The number of carbonyl (C=O) groups is 1. The Labute approximate surface area is 176 Å². The van der Waals surface area contributed by atoms with Crippen LogP contribution >= 0.6 is 34.7 Å². The largest absolute Gasteiger partial charge is 0.347 e. The lowest BCUT2D eigenvalue weighted by atomic mass is 10.2. The summed E-state index contributed by atoms with van der Waals surface area (Å²) in [7, 11) is 0. The van der Waals surface area contributed by atoms with E-state index >= 15 is 0 Å². The van der Waals surface area contributed by atoms with E-state index in [4.69, 9.17) is 11.6 Å². The fourth-order valence-corrected chi connectivity index (χ4v) is 5.03. The number of thiophene rings is 1. The fraction of sp³-hybridized carbons (Fsp3) is 0.250. The van der Waals surface area contributed by atoms with E-state index in [1.807, 2.05) is 20.8 Å². The van der Waals surface area contributed by atoms with Gasteiger partial charge in [0.15, 0.2) is 4.83 Å². The monoisotopic (exact) mass is 434 g/mol. The molecular weight excluding hydrogens is 414 g/mol. The number of nitrogens with one attached hydrogen (secondary N) is 2. The highest BCUT2D eigenvalue weighted by Gasteiger charge is 2.22. The SMILES string of the molecule is C=CCn1c(SCC(=O)Nc2ccc(Cl)cc2C)[nH+]c2sc(C)c(C)c2c1=O. The highest BCUT2D eigenvalue weighted by Crippen LogP contribution is 2.26. The molecule has 0 unspecified atom stereocenters. The quantitative estimate of drug-likeness (QED) is 0.356. The van der Waals surface area contributed by atoms with Gasteiger partial charge in [0.05, 0.1) is 5.75 Å². The van der Waals surface area contributed by atoms with E-state index in [1.165, 1.54) is 11.8 Å². The van der Waals surface area contributed by atoms with Crippen molar-refractivity contribution >= 4 is 56.5 Å². The summed E-state index contributed by atoms with van der Waals surface area (Å²) in [5.41, 5.74) is 2.55. The maximum absolute atomic E-state index is 13.0. The van der Waals surface area contributed by atoms with Crippen molar-refractivity contribution < 1.29 is 9.78 Å². The number of hydrogen-bond acceptors (Lipinski definition) is 4. The third-order valence-corrected chi connectivity index (χ3v) is 6.78. The Morgan fingerprint density at radius 2 is 2.14 bits per heavy atom. The Morgan fingerprint density at radius 3 is 2.82 bits per heavy atom. The van der Waals surface area contributed by atoms with Gasteiger partial charge in [-0.15, -0.1) is 0 Å². The van der Waals surface area contributed by atoms with Crippen LogP contribution in [0.3, 0.4) is 0 Å². The van der Waals surface area contributed by atoms with Crippen LogP contribution in [0, 0.1) is 20.8 Å². The second kappa shape index (κ2) is 8.51. The molecule has 2 N–H and O–H groups in total. The van der Waals surface area contributed by atoms with Crippen LogP contribution in [0.2, 0.25) is 5.02 Å². The number of benzene rings is 1. The van der Waals surface area contributed by atoms with Gasteiger partial charge in [-0.2, -0.15) is 4.57 Å². The van der Waals surface area contributed by atoms with E-state index in [0.717, 1.165) is 26.5 Å². The molecule has 0 saturated heterocycles. The molecule has 0 radical (unpaired) electrons. The van der Waals surface area contributed by atoms with Crippen LogP contribution < -0.4 is 15.9 Å². The molecule has 0 aliphatic heterocycles. The van der Waals surface area contributed by atoms with Crippen LogP contribution in [0.5, 0.6) is 0 Å². The van der Waals surface area contributed by atoms with Gasteiger partial charge < -0.3 is 5.32 Å². The molecule has 0 spiro atoms. The van der Waals surface area contributed by atoms with Gasteiger partial charge in [0.25, 0.3) is 0 Å². The van der Waals surface area contributed by atoms with Crippen LogP contribution in [-0.2, 0) is 11.3 Å². The molecule has 0 saturated carbocycles. The number of halogens is 1. The molecular formula is C20H21ClN3O2S2+. The van der Waals surface area contributed by atoms with E-state index in [0.29, 0.717) is 22.1 Å². The number of aryl methyl sites for hydroxylation is 3. The number of rotatable bonds is 6. The Hall–Kier alpha value is -2.09. The number of aromatic amines is 1. The number of hydrogen-bond donors (Lipinski definition) is 1. The number of H-pyrrole nitrogens is 1. The summed E-state index contributed by atoms with van der Waals surface area (Å²) in [6, 6.07) is 5.32. The molecule has 1 aromatic carbocycles. The number of fused-ring (bicyclic) bond motifs is 1. The molecule has 0 aliphatic carbocycles. The molecule has 3 rings (SSSR count). The van der Waals surface area contributed by atoms with Crippen LogP contribution in [-0.4, -0.2) is 16.2 Å². The topological polar surface area (TPSA) is 65.2 Å². The number of carbonyl (C=O) groups excluding carboxylic acids is 1. The predicted octanol–water partition coefficient (Wildman–Crippen LogP) is 4.37. The standard InChI is InChI=1S/C20H20ClN3O2S2/c1-5-8-24-19(26)17-12(3)13(4)28-18(17)23-20(24)27-10-16(25)22-15-7-6-14(21)9-11(15)2/h5-7,9H,1,8,10H2,2-4H3,(H,22,25)/p+1. The van der Waals surface area contributed by atoms with Crippen molar-refractivity contribution in [3.63, 3.8) is 0 Å². The third kappa shape index (κ3) is 4.16. The Balaban J connectivity index is 1.85. The van der Waals surface area contributed by atoms with Crippen LogP contribution in [0.15, 0.2) is 40.8 Å². The lowest BCUT2D eigenvalue weighted by molar-refractivity contribution is -0.404. The minimum Gasteiger partial charge on any atom is -0.325 e. The van der Waals surface area contributed by atoms with Crippen molar-refractivity contribution in [2.45, 2.75) is 32.5 Å². The Morgan fingerprint density at radius 1 is 1.39 bits per heavy atom. The minimum atomic E-state index is -0.153. The normalized spacial score (nSPS) is 11.0. The van der Waals surface area contributed by atoms with Gasteiger partial charge in [0, 0.05) is 15.6 Å². The summed E-state index contributed by atoms with van der Waals surface area (Å²) in [6.07, 6.45) is 1.68. The fourth-order valence-electron chi connectivity index (χ4n) is 2.86. The molecule has 146 valence electrons. The van der Waals surface area contributed by atoms with Crippen LogP contribution in [0.4, 0.5) is 5.69 Å². The molecule has 0 atom stereocenters. The smallest absolute Gasteiger partial charge is 0.325 e. The average molecular weight is 435 g/mol. The number of nitrogens with zero attached hydrogens (tertiary/aromatic N) is 1. The predicted molar refractivity (Wildman–Crippen MR) is 118 cm³/mol. The van der Waals surface area contributed by atoms with Gasteiger partial charge in [-0.1, -0.05) is 35.6 Å². The lowest BCUT2D eigenvalue weighted by Crippen LogP contribution is -2.30. The summed E-state index contributed by atoms with van der Waals surface area (Å²) in [6.45, 7) is 9.96. The first kappa shape index (κ1) is 20.6. The molecule has 0 aliphatic rings. The summed E-state index contributed by atoms with van der Waals surface area (Å²) in [5.74, 6) is 0.0179. The van der Waals surface area contributed by atoms with Gasteiger partial charge in [-0.05, 0) is 61.9 Å². The molecule has 8 heteroatoms. The van der Waals surface area contributed by atoms with Gasteiger partial charge in [-0.3, -0.25) is 4.79 Å². The second-order valence-electron chi connectivity index (χ2n) is 6.42. The van der Waals surface area contributed by atoms with Gasteiger partial charge in [0.2, 0.25) is 5.91 Å². The molecule has 3 aromatic rings. The Kier molecular flexibility index (Phi) is 6.27. The van der Waals surface area contributed by atoms with Crippen LogP contribution in [0.25, 0.3) is 10.2 Å². The first-order chi connectivity index (χ1) is 13.3. The van der Waals surface area contributed by atoms with E-state index in [-0.39, 0.29) is 17.2 Å². The Bertz CT molecular complexity index is 1130. The van der Waals surface area contributed by atoms with Crippen molar-refractivity contribution in [2.75, 3.05) is 11.1 Å². The first-order valence-electron chi connectivity index (χ1n) is 8.67.